The molecule has 4 heteroatoms. The number of anilines is 9. The standard InChI is InChI=1S/C85H102BN3/c1-51-41-53(77(3,4)5)29-35-69(51)87(70-36-30-54(42-52(70)2)78(6,7)8)57-32-34-67-71(48-57)89(58-45-60-59-27-25-26-28-61(59)85(23,24)75(60)66(47-58)80(12,13)14)74-44-55(79(9,10)11)43-73-76(74)86(67)68-49-64-65(84(21,22)40-39-83(64,19)20)50-72(68)88(73)56-31-33-62-63(46-56)82(17,18)38-37-81(62,15)16/h25-36,41-50H,37-40H2,1-24H3. The van der Waals surface area contributed by atoms with Gasteiger partial charge in [0, 0.05) is 56.6 Å². The van der Waals surface area contributed by atoms with E-state index in [0.29, 0.717) is 0 Å². The van der Waals surface area contributed by atoms with Gasteiger partial charge in [-0.2, -0.15) is 0 Å². The van der Waals surface area contributed by atoms with E-state index in [4.69, 9.17) is 0 Å². The van der Waals surface area contributed by atoms with Crippen LogP contribution in [0.3, 0.4) is 0 Å². The molecule has 8 aromatic carbocycles. The van der Waals surface area contributed by atoms with E-state index in [-0.39, 0.29) is 55.4 Å². The second-order valence-corrected chi connectivity index (χ2v) is 35.4. The molecular formula is C85H102BN3. The zero-order chi connectivity index (χ0) is 64.2. The van der Waals surface area contributed by atoms with Crippen molar-refractivity contribution in [3.05, 3.63) is 200 Å². The summed E-state index contributed by atoms with van der Waals surface area (Å²) in [6, 6.07) is 54.8. The van der Waals surface area contributed by atoms with Crippen molar-refractivity contribution in [3.8, 4) is 11.1 Å². The lowest BCUT2D eigenvalue weighted by Crippen LogP contribution is -2.62. The van der Waals surface area contributed by atoms with Gasteiger partial charge in [0.05, 0.1) is 0 Å². The van der Waals surface area contributed by atoms with Gasteiger partial charge in [0.1, 0.15) is 0 Å². The maximum atomic E-state index is 2.76. The third kappa shape index (κ3) is 9.62. The van der Waals surface area contributed by atoms with Crippen molar-refractivity contribution in [1.82, 2.24) is 0 Å². The Morgan fingerprint density at radius 2 is 0.876 bits per heavy atom. The number of benzene rings is 8. The maximum absolute atomic E-state index is 2.76. The summed E-state index contributed by atoms with van der Waals surface area (Å²) in [7, 11) is 0. The molecule has 3 aliphatic carbocycles. The molecule has 0 saturated carbocycles. The maximum Gasteiger partial charge on any atom is 0.252 e. The Morgan fingerprint density at radius 1 is 0.382 bits per heavy atom. The normalized spacial score (nSPS) is 18.1. The fourth-order valence-corrected chi connectivity index (χ4v) is 16.7. The first-order valence-corrected chi connectivity index (χ1v) is 33.8. The molecule has 89 heavy (non-hydrogen) atoms. The summed E-state index contributed by atoms with van der Waals surface area (Å²) in [6.07, 6.45) is 4.65. The lowest BCUT2D eigenvalue weighted by molar-refractivity contribution is 0.332. The fraction of sp³-hybridized carbons (Fsp3) is 0.435. The van der Waals surface area contributed by atoms with Gasteiger partial charge in [-0.25, -0.2) is 0 Å². The molecule has 0 bridgehead atoms. The highest BCUT2D eigenvalue weighted by Crippen LogP contribution is 2.58. The third-order valence-electron chi connectivity index (χ3n) is 22.6. The van der Waals surface area contributed by atoms with Crippen LogP contribution >= 0.6 is 0 Å². The van der Waals surface area contributed by atoms with Crippen molar-refractivity contribution in [1.29, 1.82) is 0 Å². The van der Waals surface area contributed by atoms with Crippen LogP contribution in [0, 0.1) is 13.8 Å². The average Bonchev–Trinajstić information content (AvgIpc) is 0.961. The van der Waals surface area contributed by atoms with E-state index in [1.807, 2.05) is 0 Å². The van der Waals surface area contributed by atoms with E-state index >= 15 is 0 Å². The number of nitrogens with zero attached hydrogens (tertiary/aromatic N) is 3. The van der Waals surface area contributed by atoms with E-state index in [2.05, 4.69) is 314 Å². The van der Waals surface area contributed by atoms with Crippen LogP contribution in [0.1, 0.15) is 245 Å². The Hall–Kier alpha value is -6.78. The highest BCUT2D eigenvalue weighted by Gasteiger charge is 2.49. The number of hydrogen-bond acceptors (Lipinski definition) is 3. The summed E-state index contributed by atoms with van der Waals surface area (Å²) < 4.78 is 0. The summed E-state index contributed by atoms with van der Waals surface area (Å²) in [6.45, 7) is 58.0. The molecule has 2 heterocycles. The molecular weight excluding hydrogens is 1070 g/mol. The zero-order valence-electron chi connectivity index (χ0n) is 58.9. The zero-order valence-corrected chi connectivity index (χ0v) is 58.9. The van der Waals surface area contributed by atoms with Crippen LogP contribution in [0.15, 0.2) is 133 Å². The molecule has 2 aliphatic heterocycles. The summed E-state index contributed by atoms with van der Waals surface area (Å²) in [4.78, 5) is 8.10. The van der Waals surface area contributed by atoms with Crippen LogP contribution < -0.4 is 31.1 Å². The smallest absolute Gasteiger partial charge is 0.252 e. The van der Waals surface area contributed by atoms with Gasteiger partial charge in [0.2, 0.25) is 0 Å². The molecule has 5 aliphatic rings. The lowest BCUT2D eigenvalue weighted by Gasteiger charge is -2.48. The molecule has 0 saturated heterocycles. The number of rotatable bonds is 5. The minimum absolute atomic E-state index is 0.00211. The van der Waals surface area contributed by atoms with E-state index in [1.54, 1.807) is 0 Å². The second-order valence-electron chi connectivity index (χ2n) is 35.4. The van der Waals surface area contributed by atoms with Gasteiger partial charge in [-0.1, -0.05) is 219 Å². The molecule has 0 fully saturated rings. The molecule has 0 N–H and O–H groups in total. The summed E-state index contributed by atoms with van der Waals surface area (Å²) in [5, 5.41) is 0. The van der Waals surface area contributed by atoms with E-state index in [0.717, 1.165) is 24.9 Å². The Morgan fingerprint density at radius 3 is 1.40 bits per heavy atom. The molecule has 8 aromatic rings. The lowest BCUT2D eigenvalue weighted by atomic mass is 9.33. The van der Waals surface area contributed by atoms with Crippen molar-refractivity contribution in [3.63, 3.8) is 0 Å². The number of aryl methyl sites for hydroxylation is 2. The van der Waals surface area contributed by atoms with Crippen LogP contribution in [-0.4, -0.2) is 6.71 Å². The molecule has 0 radical (unpaired) electrons. The average molecular weight is 1180 g/mol. The third-order valence-corrected chi connectivity index (χ3v) is 22.6. The van der Waals surface area contributed by atoms with Gasteiger partial charge < -0.3 is 14.7 Å². The first-order chi connectivity index (χ1) is 41.2. The quantitative estimate of drug-likeness (QED) is 0.159. The van der Waals surface area contributed by atoms with Crippen molar-refractivity contribution < 1.29 is 0 Å². The minimum atomic E-state index is -0.188. The molecule has 3 nitrogen and oxygen atoms in total. The Kier molecular flexibility index (Phi) is 13.5. The van der Waals surface area contributed by atoms with E-state index in [9.17, 15) is 0 Å². The molecule has 0 unspecified atom stereocenters. The van der Waals surface area contributed by atoms with Crippen molar-refractivity contribution in [2.24, 2.45) is 0 Å². The largest absolute Gasteiger partial charge is 0.311 e. The topological polar surface area (TPSA) is 9.72 Å². The molecule has 460 valence electrons. The predicted octanol–water partition coefficient (Wildman–Crippen LogP) is 22.1. The predicted molar refractivity (Wildman–Crippen MR) is 388 cm³/mol. The van der Waals surface area contributed by atoms with E-state index in [1.165, 1.54) is 146 Å². The minimum Gasteiger partial charge on any atom is -0.311 e. The van der Waals surface area contributed by atoms with Gasteiger partial charge in [-0.15, -0.1) is 0 Å². The van der Waals surface area contributed by atoms with Crippen molar-refractivity contribution >= 4 is 74.3 Å². The summed E-state index contributed by atoms with van der Waals surface area (Å²) >= 11 is 0. The fourth-order valence-electron chi connectivity index (χ4n) is 16.7. The molecule has 13 rings (SSSR count). The number of hydrogen-bond donors (Lipinski definition) is 0. The van der Waals surface area contributed by atoms with Gasteiger partial charge in [-0.3, -0.25) is 0 Å². The van der Waals surface area contributed by atoms with Crippen LogP contribution in [0.25, 0.3) is 11.1 Å². The van der Waals surface area contributed by atoms with Gasteiger partial charge >= 0.3 is 0 Å². The molecule has 0 atom stereocenters. The Labute approximate surface area is 537 Å². The van der Waals surface area contributed by atoms with Crippen LogP contribution in [0.4, 0.5) is 51.2 Å². The van der Waals surface area contributed by atoms with Gasteiger partial charge in [0.15, 0.2) is 0 Å². The van der Waals surface area contributed by atoms with E-state index < -0.39 is 0 Å². The Bertz CT molecular complexity index is 4200. The first kappa shape index (κ1) is 61.1. The molecule has 0 spiro atoms. The summed E-state index contributed by atoms with van der Waals surface area (Å²) in [5.74, 6) is 0. The number of fused-ring (bicyclic) bond motifs is 9. The molecule has 0 aromatic heterocycles. The van der Waals surface area contributed by atoms with Crippen molar-refractivity contribution in [2.45, 2.75) is 241 Å². The van der Waals surface area contributed by atoms with Gasteiger partial charge in [0.25, 0.3) is 6.71 Å². The van der Waals surface area contributed by atoms with Crippen LogP contribution in [0.5, 0.6) is 0 Å². The first-order valence-electron chi connectivity index (χ1n) is 33.8. The highest BCUT2D eigenvalue weighted by atomic mass is 15.2. The molecule has 0 amide bonds. The van der Waals surface area contributed by atoms with Crippen LogP contribution in [0.2, 0.25) is 0 Å². The van der Waals surface area contributed by atoms with Crippen molar-refractivity contribution in [2.75, 3.05) is 14.7 Å². The second kappa shape index (κ2) is 19.6. The highest BCUT2D eigenvalue weighted by molar-refractivity contribution is 7.00. The monoisotopic (exact) mass is 1180 g/mol. The van der Waals surface area contributed by atoms with Crippen LogP contribution in [-0.2, 0) is 48.7 Å². The Balaban J connectivity index is 1.18. The summed E-state index contributed by atoms with van der Waals surface area (Å²) in [5.41, 5.74) is 34.3. The SMILES string of the molecule is Cc1cc(C(C)(C)C)ccc1N(c1ccc2c(c1)N(c1cc3c(c(C(C)(C)C)c1)C(C)(C)c1ccccc1-3)c1cc(C(C)(C)C)cc3c1B2c1cc2c(cc1N3c1ccc3c(c1)C(C)(C)CCC3(C)C)C(C)(C)CCC2(C)C)c1ccc(C(C)(C)C)cc1C. The van der Waals surface area contributed by atoms with Gasteiger partial charge in [-0.05, 0) is 244 Å².